The standard InChI is InChI=1S/C23H35BrO12/c1-8-9-10-30-22(23(7,24)12(2)25)36-21-20(34-16(6)29)19(33-15(5)28)18(32-14(4)27)17(35-21)11-31-13(3)26/h17-22H,8-11H2,1-7H3/t17-,18-,19+,20-,21+,22+,23-/m1/s1. The van der Waals surface area contributed by atoms with Crippen LogP contribution in [-0.4, -0.2) is 84.2 Å². The Labute approximate surface area is 218 Å². The number of unbranched alkanes of at least 4 members (excludes halogenated alkanes) is 1. The summed E-state index contributed by atoms with van der Waals surface area (Å²) in [6, 6.07) is 0. The monoisotopic (exact) mass is 582 g/mol. The van der Waals surface area contributed by atoms with Gasteiger partial charge < -0.3 is 33.2 Å². The molecule has 0 saturated carbocycles. The summed E-state index contributed by atoms with van der Waals surface area (Å²) in [5.74, 6) is -3.26. The Hall–Kier alpha value is -2.09. The van der Waals surface area contributed by atoms with Gasteiger partial charge in [-0.15, -0.1) is 0 Å². The van der Waals surface area contributed by atoms with Gasteiger partial charge in [-0.05, 0) is 20.3 Å². The lowest BCUT2D eigenvalue weighted by atomic mass is 9.98. The number of halogens is 1. The molecule has 1 aliphatic rings. The predicted octanol–water partition coefficient (Wildman–Crippen LogP) is 1.97. The second kappa shape index (κ2) is 14.6. The summed E-state index contributed by atoms with van der Waals surface area (Å²) in [4.78, 5) is 59.6. The molecule has 1 saturated heterocycles. The Morgan fingerprint density at radius 3 is 1.86 bits per heavy atom. The van der Waals surface area contributed by atoms with Gasteiger partial charge >= 0.3 is 23.9 Å². The minimum atomic E-state index is -1.48. The lowest BCUT2D eigenvalue weighted by molar-refractivity contribution is -0.341. The van der Waals surface area contributed by atoms with E-state index in [1.165, 1.54) is 20.8 Å². The number of Topliss-reactive ketones (excluding diaryl/α,β-unsaturated/α-hetero) is 1. The summed E-state index contributed by atoms with van der Waals surface area (Å²) in [7, 11) is 0. The maximum absolute atomic E-state index is 12.3. The van der Waals surface area contributed by atoms with Crippen molar-refractivity contribution in [1.82, 2.24) is 0 Å². The van der Waals surface area contributed by atoms with Gasteiger partial charge in [0.1, 0.15) is 17.0 Å². The molecule has 0 spiro atoms. The second-order valence-corrected chi connectivity index (χ2v) is 10.0. The number of rotatable bonds is 13. The molecule has 0 aromatic rings. The van der Waals surface area contributed by atoms with Crippen LogP contribution >= 0.6 is 15.9 Å². The Bertz CT molecular complexity index is 798. The Morgan fingerprint density at radius 1 is 0.861 bits per heavy atom. The van der Waals surface area contributed by atoms with Gasteiger partial charge in [0.2, 0.25) is 6.29 Å². The van der Waals surface area contributed by atoms with Crippen LogP contribution in [0.4, 0.5) is 0 Å². The number of alkyl halides is 1. The molecule has 1 rings (SSSR count). The van der Waals surface area contributed by atoms with Crippen molar-refractivity contribution in [3.05, 3.63) is 0 Å². The first kappa shape index (κ1) is 31.9. The Balaban J connectivity index is 3.50. The van der Waals surface area contributed by atoms with E-state index in [2.05, 4.69) is 15.9 Å². The molecule has 0 aromatic heterocycles. The molecular formula is C23H35BrO12. The van der Waals surface area contributed by atoms with E-state index in [-0.39, 0.29) is 12.4 Å². The van der Waals surface area contributed by atoms with E-state index in [0.717, 1.165) is 27.2 Å². The highest BCUT2D eigenvalue weighted by molar-refractivity contribution is 9.10. The molecule has 0 radical (unpaired) electrons. The molecule has 0 aromatic carbocycles. The normalized spacial score (nSPS) is 26.2. The van der Waals surface area contributed by atoms with Gasteiger partial charge in [-0.3, -0.25) is 24.0 Å². The van der Waals surface area contributed by atoms with Gasteiger partial charge in [0.05, 0.1) is 0 Å². The second-order valence-electron chi connectivity index (χ2n) is 8.39. The molecule has 1 aliphatic heterocycles. The van der Waals surface area contributed by atoms with Crippen molar-refractivity contribution in [3.8, 4) is 0 Å². The molecule has 13 heteroatoms. The van der Waals surface area contributed by atoms with Crippen LogP contribution in [0.3, 0.4) is 0 Å². The summed E-state index contributed by atoms with van der Waals surface area (Å²) in [5.41, 5.74) is 0. The highest BCUT2D eigenvalue weighted by Crippen LogP contribution is 2.34. The quantitative estimate of drug-likeness (QED) is 0.103. The molecule has 12 nitrogen and oxygen atoms in total. The van der Waals surface area contributed by atoms with E-state index in [9.17, 15) is 24.0 Å². The average molecular weight is 583 g/mol. The lowest BCUT2D eigenvalue weighted by Crippen LogP contribution is -2.64. The summed E-state index contributed by atoms with van der Waals surface area (Å²) in [5, 5.41) is 0. The molecule has 1 heterocycles. The first-order valence-corrected chi connectivity index (χ1v) is 12.3. The van der Waals surface area contributed by atoms with Crippen LogP contribution in [0.1, 0.15) is 61.3 Å². The fourth-order valence-electron chi connectivity index (χ4n) is 3.24. The largest absolute Gasteiger partial charge is 0.463 e. The third-order valence-electron chi connectivity index (χ3n) is 5.10. The number of ether oxygens (including phenoxy) is 7. The van der Waals surface area contributed by atoms with Crippen molar-refractivity contribution < 1.29 is 57.1 Å². The average Bonchev–Trinajstić information content (AvgIpc) is 2.74. The van der Waals surface area contributed by atoms with Crippen LogP contribution in [0, 0.1) is 0 Å². The maximum Gasteiger partial charge on any atom is 0.303 e. The van der Waals surface area contributed by atoms with E-state index in [1.807, 2.05) is 6.92 Å². The van der Waals surface area contributed by atoms with Crippen molar-refractivity contribution >= 4 is 45.6 Å². The molecular weight excluding hydrogens is 548 g/mol. The van der Waals surface area contributed by atoms with Gasteiger partial charge in [-0.1, -0.05) is 29.3 Å². The molecule has 0 bridgehead atoms. The highest BCUT2D eigenvalue weighted by Gasteiger charge is 2.54. The van der Waals surface area contributed by atoms with Crippen LogP contribution in [-0.2, 0) is 57.1 Å². The summed E-state index contributed by atoms with van der Waals surface area (Å²) < 4.78 is 37.6. The molecule has 36 heavy (non-hydrogen) atoms. The number of carbonyl (C=O) groups is 5. The number of carbonyl (C=O) groups excluding carboxylic acids is 5. The van der Waals surface area contributed by atoms with Crippen molar-refractivity contribution in [2.45, 2.75) is 103 Å². The first-order chi connectivity index (χ1) is 16.7. The van der Waals surface area contributed by atoms with Crippen molar-refractivity contribution in [2.75, 3.05) is 13.2 Å². The first-order valence-electron chi connectivity index (χ1n) is 11.5. The molecule has 206 valence electrons. The van der Waals surface area contributed by atoms with E-state index in [4.69, 9.17) is 33.2 Å². The fourth-order valence-corrected chi connectivity index (χ4v) is 3.48. The van der Waals surface area contributed by atoms with E-state index in [0.29, 0.717) is 6.42 Å². The van der Waals surface area contributed by atoms with Gasteiger partial charge in [0, 0.05) is 34.3 Å². The molecule has 0 N–H and O–H groups in total. The van der Waals surface area contributed by atoms with Crippen LogP contribution in [0.5, 0.6) is 0 Å². The Morgan fingerprint density at radius 2 is 1.39 bits per heavy atom. The smallest absolute Gasteiger partial charge is 0.303 e. The molecule has 0 aliphatic carbocycles. The molecule has 1 fully saturated rings. The minimum absolute atomic E-state index is 0.237. The van der Waals surface area contributed by atoms with Gasteiger partial charge in [-0.25, -0.2) is 0 Å². The SMILES string of the molecule is CCCCO[C@@H](O[C@@H]1O[C@H](COC(C)=O)[C@@H](OC(C)=O)[C@H](OC(C)=O)[C@H]1OC(C)=O)[C@](C)(Br)C(C)=O. The van der Waals surface area contributed by atoms with Crippen molar-refractivity contribution in [2.24, 2.45) is 0 Å². The minimum Gasteiger partial charge on any atom is -0.463 e. The lowest BCUT2D eigenvalue weighted by Gasteiger charge is -2.45. The molecule has 0 amide bonds. The maximum atomic E-state index is 12.3. The topological polar surface area (TPSA) is 150 Å². The van der Waals surface area contributed by atoms with Crippen LogP contribution in [0.25, 0.3) is 0 Å². The van der Waals surface area contributed by atoms with E-state index in [1.54, 1.807) is 0 Å². The Kier molecular flexibility index (Phi) is 13.0. The van der Waals surface area contributed by atoms with Gasteiger partial charge in [0.25, 0.3) is 0 Å². The predicted molar refractivity (Wildman–Crippen MR) is 126 cm³/mol. The number of ketones is 1. The van der Waals surface area contributed by atoms with Crippen molar-refractivity contribution in [1.29, 1.82) is 0 Å². The van der Waals surface area contributed by atoms with Gasteiger partial charge in [0.15, 0.2) is 30.4 Å². The van der Waals surface area contributed by atoms with Gasteiger partial charge in [-0.2, -0.15) is 0 Å². The number of hydrogen-bond donors (Lipinski definition) is 0. The molecule has 0 unspecified atom stereocenters. The number of hydrogen-bond acceptors (Lipinski definition) is 12. The fraction of sp³-hybridized carbons (Fsp3) is 0.783. The summed E-state index contributed by atoms with van der Waals surface area (Å²) in [6.45, 7) is 9.19. The summed E-state index contributed by atoms with van der Waals surface area (Å²) in [6.07, 6.45) is -6.58. The highest BCUT2D eigenvalue weighted by atomic mass is 79.9. The third-order valence-corrected chi connectivity index (χ3v) is 6.04. The zero-order chi connectivity index (χ0) is 27.6. The van der Waals surface area contributed by atoms with Crippen LogP contribution in [0.2, 0.25) is 0 Å². The zero-order valence-electron chi connectivity index (χ0n) is 21.6. The van der Waals surface area contributed by atoms with E-state index < -0.39 is 71.8 Å². The van der Waals surface area contributed by atoms with Crippen LogP contribution < -0.4 is 0 Å². The third kappa shape index (κ3) is 9.75. The number of esters is 4. The van der Waals surface area contributed by atoms with Crippen molar-refractivity contribution in [3.63, 3.8) is 0 Å². The zero-order valence-corrected chi connectivity index (χ0v) is 23.2. The molecule has 7 atom stereocenters. The van der Waals surface area contributed by atoms with Crippen LogP contribution in [0.15, 0.2) is 0 Å². The summed E-state index contributed by atoms with van der Waals surface area (Å²) >= 11 is 3.34. The van der Waals surface area contributed by atoms with E-state index >= 15 is 0 Å².